The lowest BCUT2D eigenvalue weighted by atomic mass is 9.88. The molecule has 1 spiro atoms. The summed E-state index contributed by atoms with van der Waals surface area (Å²) in [7, 11) is 1.55. The first-order chi connectivity index (χ1) is 11.2. The summed E-state index contributed by atoms with van der Waals surface area (Å²) in [4.78, 5) is 17.8. The number of hydrogen-bond donors (Lipinski definition) is 0. The third kappa shape index (κ3) is 4.07. The van der Waals surface area contributed by atoms with Gasteiger partial charge in [-0.1, -0.05) is 6.07 Å². The average molecular weight is 320 g/mol. The summed E-state index contributed by atoms with van der Waals surface area (Å²) in [5, 5.41) is 0. The number of carbonyl (C=O) groups is 1. The minimum Gasteiger partial charge on any atom is -0.375 e. The number of hydrogen-bond acceptors (Lipinski definition) is 5. The van der Waals surface area contributed by atoms with Crippen LogP contribution in [0.5, 0.6) is 0 Å². The molecule has 126 valence electrons. The van der Waals surface area contributed by atoms with E-state index in [4.69, 9.17) is 14.2 Å². The van der Waals surface area contributed by atoms with Crippen LogP contribution in [-0.2, 0) is 25.6 Å². The predicted molar refractivity (Wildman–Crippen MR) is 83.8 cm³/mol. The number of methoxy groups -OCH3 is 1. The number of aromatic nitrogens is 1. The maximum atomic E-state index is 11.9. The zero-order valence-corrected chi connectivity index (χ0v) is 13.6. The zero-order valence-electron chi connectivity index (χ0n) is 13.6. The van der Waals surface area contributed by atoms with Crippen molar-refractivity contribution in [1.82, 2.24) is 9.88 Å². The molecule has 2 aliphatic rings. The molecule has 3 heterocycles. The van der Waals surface area contributed by atoms with Crippen molar-refractivity contribution in [3.05, 3.63) is 30.1 Å². The lowest BCUT2D eigenvalue weighted by molar-refractivity contribution is -0.139. The lowest BCUT2D eigenvalue weighted by Gasteiger charge is -2.38. The third-order valence-electron chi connectivity index (χ3n) is 4.68. The van der Waals surface area contributed by atoms with Gasteiger partial charge in [0.25, 0.3) is 0 Å². The Morgan fingerprint density at radius 2 is 2.30 bits per heavy atom. The van der Waals surface area contributed by atoms with Crippen molar-refractivity contribution in [1.29, 1.82) is 0 Å². The van der Waals surface area contributed by atoms with E-state index in [1.165, 1.54) is 0 Å². The van der Waals surface area contributed by atoms with Crippen molar-refractivity contribution in [2.75, 3.05) is 33.4 Å². The Morgan fingerprint density at radius 1 is 1.48 bits per heavy atom. The summed E-state index contributed by atoms with van der Waals surface area (Å²) in [5.74, 6) is 0.0599. The number of likely N-dealkylation sites (tertiary alicyclic amines) is 1. The predicted octanol–water partition coefficient (Wildman–Crippen LogP) is 1.39. The van der Waals surface area contributed by atoms with Gasteiger partial charge in [0, 0.05) is 39.0 Å². The summed E-state index contributed by atoms with van der Waals surface area (Å²) in [6.45, 7) is 2.82. The molecule has 2 saturated heterocycles. The minimum atomic E-state index is -0.122. The standard InChI is InChI=1S/C17H24N2O4/c1-21-13-16(20)19-7-4-17(5-8-19)9-15(12-23-17)22-11-14-3-2-6-18-10-14/h2-3,6,10,15H,4-5,7-9,11-13H2,1H3/t15-/m1/s1. The maximum Gasteiger partial charge on any atom is 0.248 e. The van der Waals surface area contributed by atoms with Crippen LogP contribution in [0.25, 0.3) is 0 Å². The van der Waals surface area contributed by atoms with Gasteiger partial charge in [0.1, 0.15) is 6.61 Å². The Kier molecular flexibility index (Phi) is 5.25. The van der Waals surface area contributed by atoms with E-state index in [2.05, 4.69) is 4.98 Å². The molecule has 2 fully saturated rings. The van der Waals surface area contributed by atoms with E-state index in [1.807, 2.05) is 23.2 Å². The molecule has 0 unspecified atom stereocenters. The fourth-order valence-corrected chi connectivity index (χ4v) is 3.33. The van der Waals surface area contributed by atoms with Crippen LogP contribution in [-0.4, -0.2) is 60.9 Å². The molecule has 2 aliphatic heterocycles. The van der Waals surface area contributed by atoms with E-state index >= 15 is 0 Å². The lowest BCUT2D eigenvalue weighted by Crippen LogP contribution is -2.47. The van der Waals surface area contributed by atoms with Crippen molar-refractivity contribution in [3.63, 3.8) is 0 Å². The second kappa shape index (κ2) is 7.38. The van der Waals surface area contributed by atoms with Crippen LogP contribution in [0.3, 0.4) is 0 Å². The SMILES string of the molecule is COCC(=O)N1CCC2(CC1)C[C@@H](OCc1cccnc1)CO2. The highest BCUT2D eigenvalue weighted by Gasteiger charge is 2.43. The first kappa shape index (κ1) is 16.4. The Balaban J connectivity index is 1.45. The van der Waals surface area contributed by atoms with Gasteiger partial charge in [-0.15, -0.1) is 0 Å². The highest BCUT2D eigenvalue weighted by Crippen LogP contribution is 2.37. The summed E-state index contributed by atoms with van der Waals surface area (Å²) in [6, 6.07) is 3.93. The Hall–Kier alpha value is -1.50. The van der Waals surface area contributed by atoms with Gasteiger partial charge in [-0.05, 0) is 24.5 Å². The van der Waals surface area contributed by atoms with E-state index in [0.717, 1.165) is 37.9 Å². The van der Waals surface area contributed by atoms with Crippen LogP contribution < -0.4 is 0 Å². The molecule has 1 atom stereocenters. The summed E-state index contributed by atoms with van der Waals surface area (Å²) < 4.78 is 16.9. The summed E-state index contributed by atoms with van der Waals surface area (Å²) in [6.07, 6.45) is 6.35. The molecule has 6 nitrogen and oxygen atoms in total. The third-order valence-corrected chi connectivity index (χ3v) is 4.68. The molecule has 0 aromatic carbocycles. The first-order valence-corrected chi connectivity index (χ1v) is 8.12. The fourth-order valence-electron chi connectivity index (χ4n) is 3.33. The van der Waals surface area contributed by atoms with Gasteiger partial charge in [-0.2, -0.15) is 0 Å². The van der Waals surface area contributed by atoms with E-state index in [1.54, 1.807) is 13.3 Å². The van der Waals surface area contributed by atoms with Crippen molar-refractivity contribution in [2.24, 2.45) is 0 Å². The number of rotatable bonds is 5. The summed E-state index contributed by atoms with van der Waals surface area (Å²) >= 11 is 0. The first-order valence-electron chi connectivity index (χ1n) is 8.12. The van der Waals surface area contributed by atoms with Crippen molar-refractivity contribution in [2.45, 2.75) is 37.6 Å². The molecule has 0 N–H and O–H groups in total. The van der Waals surface area contributed by atoms with Crippen molar-refractivity contribution in [3.8, 4) is 0 Å². The molecular weight excluding hydrogens is 296 g/mol. The van der Waals surface area contributed by atoms with E-state index in [0.29, 0.717) is 13.2 Å². The second-order valence-electron chi connectivity index (χ2n) is 6.31. The second-order valence-corrected chi connectivity index (χ2v) is 6.31. The van der Waals surface area contributed by atoms with Gasteiger partial charge in [-0.3, -0.25) is 9.78 Å². The quantitative estimate of drug-likeness (QED) is 0.820. The number of piperidine rings is 1. The fraction of sp³-hybridized carbons (Fsp3) is 0.647. The number of nitrogens with zero attached hydrogens (tertiary/aromatic N) is 2. The molecule has 1 aromatic rings. The van der Waals surface area contributed by atoms with Gasteiger partial charge < -0.3 is 19.1 Å². The molecule has 0 radical (unpaired) electrons. The van der Waals surface area contributed by atoms with Crippen molar-refractivity contribution >= 4 is 5.91 Å². The highest BCUT2D eigenvalue weighted by atomic mass is 16.6. The van der Waals surface area contributed by atoms with Crippen LogP contribution >= 0.6 is 0 Å². The molecule has 0 aliphatic carbocycles. The van der Waals surface area contributed by atoms with Crippen molar-refractivity contribution < 1.29 is 19.0 Å². The molecule has 1 amide bonds. The van der Waals surface area contributed by atoms with E-state index < -0.39 is 0 Å². The normalized spacial score (nSPS) is 23.3. The number of pyridine rings is 1. The monoisotopic (exact) mass is 320 g/mol. The smallest absolute Gasteiger partial charge is 0.248 e. The van der Waals surface area contributed by atoms with Gasteiger partial charge in [0.05, 0.1) is 24.9 Å². The van der Waals surface area contributed by atoms with Crippen LogP contribution in [0.4, 0.5) is 0 Å². The molecule has 0 bridgehead atoms. The molecule has 0 saturated carbocycles. The maximum absolute atomic E-state index is 11.9. The molecule has 6 heteroatoms. The largest absolute Gasteiger partial charge is 0.375 e. The van der Waals surface area contributed by atoms with Gasteiger partial charge in [-0.25, -0.2) is 0 Å². The number of carbonyl (C=O) groups excluding carboxylic acids is 1. The van der Waals surface area contributed by atoms with E-state index in [-0.39, 0.29) is 24.2 Å². The highest BCUT2D eigenvalue weighted by molar-refractivity contribution is 5.77. The molecular formula is C17H24N2O4. The van der Waals surface area contributed by atoms with Gasteiger partial charge in [0.2, 0.25) is 5.91 Å². The summed E-state index contributed by atoms with van der Waals surface area (Å²) in [5.41, 5.74) is 0.956. The Labute approximate surface area is 136 Å². The minimum absolute atomic E-state index is 0.0599. The van der Waals surface area contributed by atoms with Crippen LogP contribution in [0, 0.1) is 0 Å². The average Bonchev–Trinajstić information content (AvgIpc) is 2.98. The molecule has 1 aromatic heterocycles. The topological polar surface area (TPSA) is 60.9 Å². The Bertz CT molecular complexity index is 515. The van der Waals surface area contributed by atoms with Crippen LogP contribution in [0.2, 0.25) is 0 Å². The number of amides is 1. The van der Waals surface area contributed by atoms with Gasteiger partial charge >= 0.3 is 0 Å². The molecule has 23 heavy (non-hydrogen) atoms. The van der Waals surface area contributed by atoms with E-state index in [9.17, 15) is 4.79 Å². The van der Waals surface area contributed by atoms with Gasteiger partial charge in [0.15, 0.2) is 0 Å². The molecule has 3 rings (SSSR count). The van der Waals surface area contributed by atoms with Crippen LogP contribution in [0.1, 0.15) is 24.8 Å². The zero-order chi connectivity index (χ0) is 16.1. The Morgan fingerprint density at radius 3 is 3.00 bits per heavy atom. The van der Waals surface area contributed by atoms with Crippen LogP contribution in [0.15, 0.2) is 24.5 Å². The number of ether oxygens (including phenoxy) is 3.